The molecule has 0 aromatic heterocycles. The van der Waals surface area contributed by atoms with E-state index in [1.54, 1.807) is 0 Å². The van der Waals surface area contributed by atoms with Crippen LogP contribution in [0.4, 0.5) is 0 Å². The second-order valence-corrected chi connectivity index (χ2v) is 25.4. The number of nitrogens with one attached hydrogen (secondary N) is 1. The molecule has 0 saturated carbocycles. The van der Waals surface area contributed by atoms with Crippen molar-refractivity contribution in [2.24, 2.45) is 0 Å². The minimum absolute atomic E-state index is 0.0281. The largest absolute Gasteiger partial charge is 0.472 e. The summed E-state index contributed by atoms with van der Waals surface area (Å²) in [5, 5.41) is 3.05. The zero-order valence-corrected chi connectivity index (χ0v) is 56.4. The van der Waals surface area contributed by atoms with Gasteiger partial charge in [-0.2, -0.15) is 0 Å². The molecule has 0 radical (unpaired) electrons. The van der Waals surface area contributed by atoms with Crippen LogP contribution in [0.3, 0.4) is 0 Å². The summed E-state index contributed by atoms with van der Waals surface area (Å²) in [6, 6.07) is -0.872. The van der Waals surface area contributed by atoms with E-state index in [1.165, 1.54) is 89.9 Å². The Hall–Kier alpha value is -3.85. The number of amides is 1. The van der Waals surface area contributed by atoms with Crippen LogP contribution in [0.2, 0.25) is 0 Å². The molecule has 0 heterocycles. The molecule has 486 valence electrons. The highest BCUT2D eigenvalue weighted by molar-refractivity contribution is 7.47. The van der Waals surface area contributed by atoms with Crippen LogP contribution in [0.25, 0.3) is 0 Å². The summed E-state index contributed by atoms with van der Waals surface area (Å²) in [7, 11) is 1.46. The summed E-state index contributed by atoms with van der Waals surface area (Å²) in [4.78, 5) is 37.9. The molecule has 85 heavy (non-hydrogen) atoms. The van der Waals surface area contributed by atoms with Crippen molar-refractivity contribution < 1.29 is 37.3 Å². The molecule has 1 amide bonds. The van der Waals surface area contributed by atoms with E-state index in [9.17, 15) is 19.0 Å². The predicted octanol–water partition coefficient (Wildman–Crippen LogP) is 22.0. The third-order valence-corrected chi connectivity index (χ3v) is 15.6. The lowest BCUT2D eigenvalue weighted by molar-refractivity contribution is -0.870. The molecular weight excluding hydrogens is 1070 g/mol. The Labute approximate surface area is 524 Å². The lowest BCUT2D eigenvalue weighted by atomic mass is 10.0. The Kier molecular flexibility index (Phi) is 60.3. The number of unbranched alkanes of at least 4 members (excludes halogenated alkanes) is 25. The lowest BCUT2D eigenvalue weighted by Gasteiger charge is -2.27. The van der Waals surface area contributed by atoms with E-state index in [0.717, 1.165) is 154 Å². The van der Waals surface area contributed by atoms with Crippen molar-refractivity contribution in [3.05, 3.63) is 134 Å². The summed E-state index contributed by atoms with van der Waals surface area (Å²) in [6.07, 6.45) is 90.2. The van der Waals surface area contributed by atoms with Crippen LogP contribution in [0.15, 0.2) is 134 Å². The summed E-state index contributed by atoms with van der Waals surface area (Å²) in [5.74, 6) is -0.539. The number of esters is 1. The van der Waals surface area contributed by atoms with Gasteiger partial charge in [0.15, 0.2) is 0 Å². The maximum absolute atomic E-state index is 13.6. The SMILES string of the molecule is CC/C=C\C/C=C\C/C=C\C/C=C\C/C=C\CCCCCCCCCCCC(=O)OC(/C=C/CCCCCCCCCCCCC)C(COP(=O)(O)OCC[N+](C)(C)C)NC(=O)CCCCCCC/C=C\C/C=C\C/C=C\C/C=C\C/C=C\CC. The first-order valence-electron chi connectivity index (χ1n) is 34.5. The van der Waals surface area contributed by atoms with Crippen LogP contribution in [0.5, 0.6) is 0 Å². The molecule has 3 atom stereocenters. The highest BCUT2D eigenvalue weighted by Gasteiger charge is 2.30. The number of phosphoric ester groups is 1. The molecule has 10 heteroatoms. The first kappa shape index (κ1) is 81.2. The van der Waals surface area contributed by atoms with Gasteiger partial charge in [0.2, 0.25) is 5.91 Å². The van der Waals surface area contributed by atoms with Crippen molar-refractivity contribution in [2.75, 3.05) is 40.9 Å². The van der Waals surface area contributed by atoms with Crippen LogP contribution in [-0.4, -0.2) is 74.3 Å². The van der Waals surface area contributed by atoms with E-state index in [1.807, 2.05) is 33.3 Å². The van der Waals surface area contributed by atoms with E-state index in [-0.39, 0.29) is 31.5 Å². The first-order chi connectivity index (χ1) is 41.4. The number of hydrogen-bond acceptors (Lipinski definition) is 6. The Morgan fingerprint density at radius 2 is 0.753 bits per heavy atom. The highest BCUT2D eigenvalue weighted by atomic mass is 31.2. The Bertz CT molecular complexity index is 1920. The topological polar surface area (TPSA) is 111 Å². The van der Waals surface area contributed by atoms with Gasteiger partial charge < -0.3 is 19.4 Å². The summed E-state index contributed by atoms with van der Waals surface area (Å²) in [5.41, 5.74) is 0. The molecule has 0 aliphatic rings. The molecule has 3 unspecified atom stereocenters. The van der Waals surface area contributed by atoms with Crippen molar-refractivity contribution in [2.45, 2.75) is 290 Å². The fraction of sp³-hybridized carbons (Fsp3) is 0.680. The average Bonchev–Trinajstić information content (AvgIpc) is 3.48. The van der Waals surface area contributed by atoms with E-state index in [4.69, 9.17) is 13.8 Å². The molecule has 0 bridgehead atoms. The number of rotatable bonds is 61. The minimum Gasteiger partial charge on any atom is -0.456 e. The fourth-order valence-corrected chi connectivity index (χ4v) is 10.1. The van der Waals surface area contributed by atoms with E-state index in [2.05, 4.69) is 148 Å². The second kappa shape index (κ2) is 63.2. The molecule has 0 aliphatic heterocycles. The number of hydrogen-bond donors (Lipinski definition) is 2. The van der Waals surface area contributed by atoms with Gasteiger partial charge in [0.05, 0.1) is 33.8 Å². The molecule has 0 aliphatic carbocycles. The third kappa shape index (κ3) is 64.5. The summed E-state index contributed by atoms with van der Waals surface area (Å²) < 4.78 is 30.8. The number of carbonyl (C=O) groups is 2. The van der Waals surface area contributed by atoms with E-state index < -0.39 is 20.0 Å². The maximum Gasteiger partial charge on any atom is 0.472 e. The summed E-state index contributed by atoms with van der Waals surface area (Å²) in [6.45, 7) is 6.77. The Balaban J connectivity index is 5.21. The number of likely N-dealkylation sites (N-methyl/N-ethyl adjacent to an activating group) is 1. The molecule has 0 aromatic carbocycles. The third-order valence-electron chi connectivity index (χ3n) is 14.6. The predicted molar refractivity (Wildman–Crippen MR) is 369 cm³/mol. The zero-order chi connectivity index (χ0) is 62.1. The normalized spacial score (nSPS) is 14.4. The van der Waals surface area contributed by atoms with Crippen LogP contribution in [0, 0.1) is 0 Å². The standard InChI is InChI=1S/C75H129N2O7P/c1-7-10-13-16-19-22-25-28-30-32-34-36-37-38-39-41-43-45-47-50-53-56-59-62-65-68-75(79)84-73(66-63-60-57-54-51-48-27-24-21-18-15-12-9-3)72(71-83-85(80,81)82-70-69-77(4,5)6)76-74(78)67-64-61-58-55-52-49-46-44-42-40-35-33-31-29-26-23-20-17-14-11-8-2/h10-11,13-14,19-20,22-23,28-31,34-36,38-40,44,46,63,66,72-73H,7-9,12,15-18,21,24-27,32-33,37,41-43,45,47-62,64-65,67-71H2,1-6H3,(H-,76,78,80,81)/p+1/b13-10-,14-11-,22-19-,23-20-,30-28-,31-29-,36-34-,39-38-,40-35-,46-44-,66-63+. The minimum atomic E-state index is -4.47. The van der Waals surface area contributed by atoms with Gasteiger partial charge >= 0.3 is 13.8 Å². The van der Waals surface area contributed by atoms with Crippen molar-refractivity contribution in [3.63, 3.8) is 0 Å². The van der Waals surface area contributed by atoms with Crippen molar-refractivity contribution in [3.8, 4) is 0 Å². The van der Waals surface area contributed by atoms with Crippen LogP contribution in [-0.2, 0) is 27.9 Å². The molecule has 0 saturated heterocycles. The second-order valence-electron chi connectivity index (χ2n) is 23.9. The quantitative estimate of drug-likeness (QED) is 0.0205. The number of phosphoric acid groups is 1. The molecule has 2 N–H and O–H groups in total. The molecule has 0 aromatic rings. The van der Waals surface area contributed by atoms with Crippen LogP contribution in [0.1, 0.15) is 278 Å². The van der Waals surface area contributed by atoms with E-state index >= 15 is 0 Å². The number of allylic oxidation sites excluding steroid dienone is 21. The monoisotopic (exact) mass is 1200 g/mol. The number of quaternary nitrogens is 1. The van der Waals surface area contributed by atoms with Gasteiger partial charge in [0.25, 0.3) is 0 Å². The number of carbonyl (C=O) groups excluding carboxylic acids is 2. The van der Waals surface area contributed by atoms with Gasteiger partial charge in [0.1, 0.15) is 19.3 Å². The fourth-order valence-electron chi connectivity index (χ4n) is 9.35. The van der Waals surface area contributed by atoms with Gasteiger partial charge in [-0.3, -0.25) is 18.6 Å². The van der Waals surface area contributed by atoms with Gasteiger partial charge in [-0.15, -0.1) is 0 Å². The Morgan fingerprint density at radius 3 is 1.13 bits per heavy atom. The van der Waals surface area contributed by atoms with Gasteiger partial charge in [0, 0.05) is 12.8 Å². The first-order valence-corrected chi connectivity index (χ1v) is 36.0. The average molecular weight is 1200 g/mol. The van der Waals surface area contributed by atoms with Crippen molar-refractivity contribution in [1.82, 2.24) is 5.32 Å². The van der Waals surface area contributed by atoms with E-state index in [0.29, 0.717) is 17.4 Å². The smallest absolute Gasteiger partial charge is 0.456 e. The number of nitrogens with zero attached hydrogens (tertiary/aromatic N) is 1. The molecular formula is C75H130N2O7P+. The van der Waals surface area contributed by atoms with Gasteiger partial charge in [-0.05, 0) is 122 Å². The Morgan fingerprint density at radius 1 is 0.424 bits per heavy atom. The van der Waals surface area contributed by atoms with Crippen molar-refractivity contribution in [1.29, 1.82) is 0 Å². The maximum atomic E-state index is 13.6. The zero-order valence-electron chi connectivity index (χ0n) is 55.6. The number of ether oxygens (including phenoxy) is 1. The molecule has 9 nitrogen and oxygen atoms in total. The van der Waals surface area contributed by atoms with Gasteiger partial charge in [-0.25, -0.2) is 4.57 Å². The van der Waals surface area contributed by atoms with Crippen molar-refractivity contribution >= 4 is 19.7 Å². The molecule has 0 spiro atoms. The molecule has 0 fully saturated rings. The van der Waals surface area contributed by atoms with Crippen LogP contribution < -0.4 is 5.32 Å². The molecule has 0 rings (SSSR count). The van der Waals surface area contributed by atoms with Crippen LogP contribution >= 0.6 is 7.82 Å². The lowest BCUT2D eigenvalue weighted by Crippen LogP contribution is -2.47. The highest BCUT2D eigenvalue weighted by Crippen LogP contribution is 2.43. The summed E-state index contributed by atoms with van der Waals surface area (Å²) >= 11 is 0. The van der Waals surface area contributed by atoms with Gasteiger partial charge in [-0.1, -0.05) is 277 Å².